The molecule has 2 aromatic carbocycles. The summed E-state index contributed by atoms with van der Waals surface area (Å²) in [4.78, 5) is 11.8. The van der Waals surface area contributed by atoms with E-state index >= 15 is 0 Å². The predicted molar refractivity (Wildman–Crippen MR) is 89.0 cm³/mol. The number of carbonyl (C=O) groups is 1. The largest absolute Gasteiger partial charge is 0.435 e. The molecule has 2 rings (SSSR count). The van der Waals surface area contributed by atoms with Crippen molar-refractivity contribution in [2.45, 2.75) is 19.3 Å². The van der Waals surface area contributed by atoms with Gasteiger partial charge in [-0.05, 0) is 36.8 Å². The number of alkyl halides is 2. The molecule has 0 spiro atoms. The average molecular weight is 337 g/mol. The topological polar surface area (TPSA) is 38.3 Å². The molecule has 0 fully saturated rings. The number of nitrogens with one attached hydrogen (secondary N) is 1. The number of anilines is 1. The zero-order valence-corrected chi connectivity index (χ0v) is 13.4. The lowest BCUT2D eigenvalue weighted by atomic mass is 10.2. The van der Waals surface area contributed by atoms with Gasteiger partial charge in [-0.1, -0.05) is 29.8 Å². The van der Waals surface area contributed by atoms with Crippen molar-refractivity contribution in [3.63, 3.8) is 0 Å². The monoisotopic (exact) mass is 337 g/mol. The fourth-order valence-corrected chi connectivity index (χ4v) is 2.65. The molecule has 0 heterocycles. The number of rotatable bonds is 7. The first-order valence-corrected chi connectivity index (χ1v) is 8.16. The predicted octanol–water partition coefficient (Wildman–Crippen LogP) is 4.47. The van der Waals surface area contributed by atoms with Crippen LogP contribution in [0.1, 0.15) is 11.1 Å². The molecule has 0 atom stereocenters. The highest BCUT2D eigenvalue weighted by Crippen LogP contribution is 2.18. The van der Waals surface area contributed by atoms with Crippen LogP contribution in [0.15, 0.2) is 48.5 Å². The van der Waals surface area contributed by atoms with Gasteiger partial charge in [0.05, 0.1) is 5.75 Å². The van der Waals surface area contributed by atoms with Gasteiger partial charge < -0.3 is 10.1 Å². The molecule has 0 bridgehead atoms. The Bertz CT molecular complexity index is 630. The normalized spacial score (nSPS) is 10.6. The second-order valence-electron chi connectivity index (χ2n) is 4.93. The van der Waals surface area contributed by atoms with Gasteiger partial charge in [0.25, 0.3) is 0 Å². The maximum Gasteiger partial charge on any atom is 0.387 e. The second kappa shape index (κ2) is 8.53. The van der Waals surface area contributed by atoms with Gasteiger partial charge in [-0.3, -0.25) is 4.79 Å². The van der Waals surface area contributed by atoms with Crippen LogP contribution in [-0.2, 0) is 10.5 Å². The SMILES string of the molecule is Cc1ccc(CSCC(=O)Nc2ccc(OC(F)F)cc2)cc1. The lowest BCUT2D eigenvalue weighted by Crippen LogP contribution is -2.14. The summed E-state index contributed by atoms with van der Waals surface area (Å²) in [5.74, 6) is 1.01. The van der Waals surface area contributed by atoms with Crippen molar-refractivity contribution in [3.8, 4) is 5.75 Å². The zero-order chi connectivity index (χ0) is 16.7. The van der Waals surface area contributed by atoms with Gasteiger partial charge in [0.1, 0.15) is 5.75 Å². The van der Waals surface area contributed by atoms with Crippen LogP contribution < -0.4 is 10.1 Å². The Morgan fingerprint density at radius 3 is 2.39 bits per heavy atom. The number of amides is 1. The molecule has 0 saturated heterocycles. The van der Waals surface area contributed by atoms with E-state index < -0.39 is 6.61 Å². The summed E-state index contributed by atoms with van der Waals surface area (Å²) in [5, 5.41) is 2.72. The van der Waals surface area contributed by atoms with E-state index in [2.05, 4.69) is 10.1 Å². The van der Waals surface area contributed by atoms with Crippen molar-refractivity contribution in [1.82, 2.24) is 0 Å². The van der Waals surface area contributed by atoms with E-state index in [1.807, 2.05) is 31.2 Å². The highest BCUT2D eigenvalue weighted by atomic mass is 32.2. The molecule has 0 radical (unpaired) electrons. The van der Waals surface area contributed by atoms with Crippen LogP contribution in [0.3, 0.4) is 0 Å². The molecule has 0 aromatic heterocycles. The van der Waals surface area contributed by atoms with E-state index in [0.29, 0.717) is 11.4 Å². The highest BCUT2D eigenvalue weighted by molar-refractivity contribution is 7.99. The molecule has 122 valence electrons. The van der Waals surface area contributed by atoms with E-state index in [0.717, 1.165) is 5.75 Å². The Hall–Kier alpha value is -2.08. The summed E-state index contributed by atoms with van der Waals surface area (Å²) in [5.41, 5.74) is 2.92. The molecule has 0 saturated carbocycles. The molecule has 6 heteroatoms. The highest BCUT2D eigenvalue weighted by Gasteiger charge is 2.06. The first-order chi connectivity index (χ1) is 11.0. The molecule has 0 unspecified atom stereocenters. The van der Waals surface area contributed by atoms with Crippen LogP contribution in [-0.4, -0.2) is 18.3 Å². The van der Waals surface area contributed by atoms with Crippen LogP contribution in [0.5, 0.6) is 5.75 Å². The van der Waals surface area contributed by atoms with E-state index in [4.69, 9.17) is 0 Å². The molecule has 0 aliphatic carbocycles. The summed E-state index contributed by atoms with van der Waals surface area (Å²) >= 11 is 1.52. The lowest BCUT2D eigenvalue weighted by Gasteiger charge is -2.07. The van der Waals surface area contributed by atoms with Crippen LogP contribution >= 0.6 is 11.8 Å². The van der Waals surface area contributed by atoms with Crippen molar-refractivity contribution in [3.05, 3.63) is 59.7 Å². The third kappa shape index (κ3) is 6.28. The maximum absolute atomic E-state index is 12.0. The van der Waals surface area contributed by atoms with Crippen LogP contribution in [0, 0.1) is 6.92 Å². The number of aryl methyl sites for hydroxylation is 1. The Morgan fingerprint density at radius 2 is 1.78 bits per heavy atom. The van der Waals surface area contributed by atoms with E-state index in [-0.39, 0.29) is 11.7 Å². The molecule has 0 aliphatic heterocycles. The maximum atomic E-state index is 12.0. The van der Waals surface area contributed by atoms with E-state index in [1.54, 1.807) is 0 Å². The average Bonchev–Trinajstić information content (AvgIpc) is 2.51. The molecule has 2 aromatic rings. The van der Waals surface area contributed by atoms with Crippen molar-refractivity contribution < 1.29 is 18.3 Å². The molecular weight excluding hydrogens is 320 g/mol. The number of hydrogen-bond donors (Lipinski definition) is 1. The third-order valence-electron chi connectivity index (χ3n) is 2.99. The van der Waals surface area contributed by atoms with Crippen molar-refractivity contribution in [2.24, 2.45) is 0 Å². The Labute approximate surface area is 138 Å². The Morgan fingerprint density at radius 1 is 1.13 bits per heavy atom. The van der Waals surface area contributed by atoms with Gasteiger partial charge in [0, 0.05) is 11.4 Å². The van der Waals surface area contributed by atoms with Gasteiger partial charge in [-0.2, -0.15) is 8.78 Å². The Kier molecular flexibility index (Phi) is 6.40. The van der Waals surface area contributed by atoms with Crippen LogP contribution in [0.4, 0.5) is 14.5 Å². The number of thioether (sulfide) groups is 1. The lowest BCUT2D eigenvalue weighted by molar-refractivity contribution is -0.113. The molecule has 23 heavy (non-hydrogen) atoms. The summed E-state index contributed by atoms with van der Waals surface area (Å²) in [6.07, 6.45) is 0. The molecule has 1 N–H and O–H groups in total. The van der Waals surface area contributed by atoms with E-state index in [1.165, 1.54) is 47.2 Å². The van der Waals surface area contributed by atoms with E-state index in [9.17, 15) is 13.6 Å². The molecular formula is C17H17F2NO2S. The summed E-state index contributed by atoms with van der Waals surface area (Å²) < 4.78 is 28.3. The quantitative estimate of drug-likeness (QED) is 0.810. The number of halogens is 2. The standard InChI is InChI=1S/C17H17F2NO2S/c1-12-2-4-13(5-3-12)10-23-11-16(21)20-14-6-8-15(9-7-14)22-17(18)19/h2-9,17H,10-11H2,1H3,(H,20,21). The number of ether oxygens (including phenoxy) is 1. The van der Waals surface area contributed by atoms with Crippen molar-refractivity contribution >= 4 is 23.4 Å². The fraction of sp³-hybridized carbons (Fsp3) is 0.235. The molecule has 0 aliphatic rings. The summed E-state index contributed by atoms with van der Waals surface area (Å²) in [6.45, 7) is -0.823. The van der Waals surface area contributed by atoms with Gasteiger partial charge >= 0.3 is 6.61 Å². The zero-order valence-electron chi connectivity index (χ0n) is 12.6. The minimum atomic E-state index is -2.85. The Balaban J connectivity index is 1.75. The molecule has 1 amide bonds. The summed E-state index contributed by atoms with van der Waals surface area (Å²) in [7, 11) is 0. The third-order valence-corrected chi connectivity index (χ3v) is 3.99. The first kappa shape index (κ1) is 17.3. The van der Waals surface area contributed by atoms with Crippen LogP contribution in [0.25, 0.3) is 0 Å². The fourth-order valence-electron chi connectivity index (χ4n) is 1.86. The summed E-state index contributed by atoms with van der Waals surface area (Å²) in [6, 6.07) is 14.0. The second-order valence-corrected chi connectivity index (χ2v) is 5.92. The van der Waals surface area contributed by atoms with Crippen molar-refractivity contribution in [2.75, 3.05) is 11.1 Å². The van der Waals surface area contributed by atoms with Crippen molar-refractivity contribution in [1.29, 1.82) is 0 Å². The van der Waals surface area contributed by atoms with Crippen LogP contribution in [0.2, 0.25) is 0 Å². The number of benzene rings is 2. The first-order valence-electron chi connectivity index (χ1n) is 7.01. The smallest absolute Gasteiger partial charge is 0.387 e. The van der Waals surface area contributed by atoms with Gasteiger partial charge in [0.15, 0.2) is 0 Å². The minimum absolute atomic E-state index is 0.0618. The molecule has 3 nitrogen and oxygen atoms in total. The minimum Gasteiger partial charge on any atom is -0.435 e. The van der Waals surface area contributed by atoms with Gasteiger partial charge in [0.2, 0.25) is 5.91 Å². The number of hydrogen-bond acceptors (Lipinski definition) is 3. The number of carbonyl (C=O) groups excluding carboxylic acids is 1. The van der Waals surface area contributed by atoms with Gasteiger partial charge in [-0.15, -0.1) is 11.8 Å². The van der Waals surface area contributed by atoms with Gasteiger partial charge in [-0.25, -0.2) is 0 Å².